The Hall–Kier alpha value is -1.89. The molecule has 1 unspecified atom stereocenters. The Morgan fingerprint density at radius 3 is 2.62 bits per heavy atom. The molecule has 7 heteroatoms. The molecule has 0 aromatic heterocycles. The van der Waals surface area contributed by atoms with E-state index in [1.54, 1.807) is 31.3 Å². The number of hydrogen-bond donors (Lipinski definition) is 1. The summed E-state index contributed by atoms with van der Waals surface area (Å²) in [5.74, 6) is 0.0424. The van der Waals surface area contributed by atoms with Gasteiger partial charge in [-0.3, -0.25) is 4.79 Å². The second-order valence-corrected chi connectivity index (χ2v) is 7.46. The second-order valence-electron chi connectivity index (χ2n) is 5.23. The van der Waals surface area contributed by atoms with Crippen LogP contribution >= 0.6 is 0 Å². The van der Waals surface area contributed by atoms with Crippen molar-refractivity contribution in [2.75, 3.05) is 23.9 Å². The lowest BCUT2D eigenvalue weighted by atomic mass is 10.1. The van der Waals surface area contributed by atoms with Crippen LogP contribution in [0.2, 0.25) is 0 Å². The van der Waals surface area contributed by atoms with E-state index in [1.807, 2.05) is 0 Å². The summed E-state index contributed by atoms with van der Waals surface area (Å²) in [5.41, 5.74) is 1.03. The average Bonchev–Trinajstić information content (AvgIpc) is 2.78. The van der Waals surface area contributed by atoms with E-state index in [1.165, 1.54) is 11.8 Å². The molecular formula is C14H18N2O4S. The summed E-state index contributed by atoms with van der Waals surface area (Å²) in [6.45, 7) is 1.45. The molecule has 1 N–H and O–H groups in total. The molecule has 1 heterocycles. The molecule has 0 spiro atoms. The minimum absolute atomic E-state index is 0.00437. The third-order valence-corrected chi connectivity index (χ3v) is 5.35. The molecule has 1 fully saturated rings. The Labute approximate surface area is 124 Å². The van der Waals surface area contributed by atoms with Gasteiger partial charge >= 0.3 is 6.03 Å². The molecule has 2 rings (SSSR count). The first-order chi connectivity index (χ1) is 9.78. The van der Waals surface area contributed by atoms with Crippen LogP contribution in [0.3, 0.4) is 0 Å². The highest BCUT2D eigenvalue weighted by atomic mass is 32.2. The number of amides is 2. The fourth-order valence-electron chi connectivity index (χ4n) is 2.27. The molecule has 1 aliphatic heterocycles. The van der Waals surface area contributed by atoms with Crippen molar-refractivity contribution in [1.29, 1.82) is 0 Å². The minimum atomic E-state index is -3.03. The summed E-state index contributed by atoms with van der Waals surface area (Å²) >= 11 is 0. The van der Waals surface area contributed by atoms with Crippen LogP contribution in [0.15, 0.2) is 24.3 Å². The topological polar surface area (TPSA) is 83.6 Å². The van der Waals surface area contributed by atoms with Crippen molar-refractivity contribution in [2.24, 2.45) is 0 Å². The van der Waals surface area contributed by atoms with Crippen molar-refractivity contribution in [3.05, 3.63) is 29.8 Å². The van der Waals surface area contributed by atoms with Gasteiger partial charge in [-0.25, -0.2) is 13.2 Å². The van der Waals surface area contributed by atoms with Gasteiger partial charge < -0.3 is 10.2 Å². The SMILES string of the molecule is CC(=O)c1cccc(NC(=O)N(C)C2CCS(=O)(=O)C2)c1. The minimum Gasteiger partial charge on any atom is -0.324 e. The van der Waals surface area contributed by atoms with Gasteiger partial charge in [-0.2, -0.15) is 0 Å². The smallest absolute Gasteiger partial charge is 0.321 e. The number of hydrogen-bond acceptors (Lipinski definition) is 4. The van der Waals surface area contributed by atoms with Crippen molar-refractivity contribution in [1.82, 2.24) is 4.90 Å². The third kappa shape index (κ3) is 3.81. The van der Waals surface area contributed by atoms with Crippen molar-refractivity contribution in [3.8, 4) is 0 Å². The van der Waals surface area contributed by atoms with Crippen molar-refractivity contribution in [3.63, 3.8) is 0 Å². The van der Waals surface area contributed by atoms with Crippen LogP contribution in [0.1, 0.15) is 23.7 Å². The number of benzene rings is 1. The molecule has 1 aromatic carbocycles. The predicted octanol–water partition coefficient (Wildman–Crippen LogP) is 1.54. The molecule has 1 atom stereocenters. The number of sulfone groups is 1. The maximum absolute atomic E-state index is 12.1. The first-order valence-electron chi connectivity index (χ1n) is 6.64. The van der Waals surface area contributed by atoms with Gasteiger partial charge in [0.25, 0.3) is 0 Å². The lowest BCUT2D eigenvalue weighted by Crippen LogP contribution is -2.40. The molecule has 1 aliphatic rings. The molecule has 114 valence electrons. The summed E-state index contributed by atoms with van der Waals surface area (Å²) in [6, 6.07) is 5.96. The van der Waals surface area contributed by atoms with E-state index in [0.29, 0.717) is 17.7 Å². The Kier molecular flexibility index (Phi) is 4.32. The summed E-state index contributed by atoms with van der Waals surface area (Å²) in [5, 5.41) is 2.68. The number of rotatable bonds is 3. The molecule has 0 saturated carbocycles. The average molecular weight is 310 g/mol. The van der Waals surface area contributed by atoms with Crippen LogP contribution in [0.5, 0.6) is 0 Å². The van der Waals surface area contributed by atoms with Crippen LogP contribution in [-0.2, 0) is 9.84 Å². The number of carbonyl (C=O) groups excluding carboxylic acids is 2. The predicted molar refractivity (Wildman–Crippen MR) is 80.3 cm³/mol. The zero-order chi connectivity index (χ0) is 15.6. The Balaban J connectivity index is 2.04. The summed E-state index contributed by atoms with van der Waals surface area (Å²) < 4.78 is 22.9. The van der Waals surface area contributed by atoms with Gasteiger partial charge in [0.15, 0.2) is 15.6 Å². The van der Waals surface area contributed by atoms with Crippen LogP contribution in [0.25, 0.3) is 0 Å². The van der Waals surface area contributed by atoms with Gasteiger partial charge in [-0.1, -0.05) is 12.1 Å². The van der Waals surface area contributed by atoms with Crippen LogP contribution in [-0.4, -0.2) is 49.7 Å². The zero-order valence-electron chi connectivity index (χ0n) is 12.0. The number of nitrogens with one attached hydrogen (secondary N) is 1. The highest BCUT2D eigenvalue weighted by molar-refractivity contribution is 7.91. The van der Waals surface area contributed by atoms with E-state index in [2.05, 4.69) is 5.32 Å². The Morgan fingerprint density at radius 2 is 2.05 bits per heavy atom. The van der Waals surface area contributed by atoms with E-state index in [0.717, 1.165) is 0 Å². The van der Waals surface area contributed by atoms with Gasteiger partial charge in [0, 0.05) is 24.3 Å². The molecule has 1 saturated heterocycles. The monoisotopic (exact) mass is 310 g/mol. The third-order valence-electron chi connectivity index (χ3n) is 3.60. The van der Waals surface area contributed by atoms with E-state index in [4.69, 9.17) is 0 Å². The van der Waals surface area contributed by atoms with Crippen LogP contribution in [0, 0.1) is 0 Å². The van der Waals surface area contributed by atoms with Crippen molar-refractivity contribution < 1.29 is 18.0 Å². The number of carbonyl (C=O) groups is 2. The lowest BCUT2D eigenvalue weighted by molar-refractivity contribution is 0.101. The summed E-state index contributed by atoms with van der Waals surface area (Å²) in [4.78, 5) is 24.8. The second kappa shape index (κ2) is 5.85. The number of ketones is 1. The van der Waals surface area contributed by atoms with Gasteiger partial charge in [-0.05, 0) is 25.5 Å². The highest BCUT2D eigenvalue weighted by Gasteiger charge is 2.32. The Bertz CT molecular complexity index is 669. The number of urea groups is 1. The van der Waals surface area contributed by atoms with Gasteiger partial charge in [-0.15, -0.1) is 0 Å². The molecule has 0 radical (unpaired) electrons. The molecule has 0 aliphatic carbocycles. The largest absolute Gasteiger partial charge is 0.324 e. The quantitative estimate of drug-likeness (QED) is 0.858. The van der Waals surface area contributed by atoms with E-state index in [-0.39, 0.29) is 29.4 Å². The normalized spacial score (nSPS) is 20.0. The number of anilines is 1. The molecule has 1 aromatic rings. The van der Waals surface area contributed by atoms with E-state index in [9.17, 15) is 18.0 Å². The molecule has 6 nitrogen and oxygen atoms in total. The summed E-state index contributed by atoms with van der Waals surface area (Å²) in [7, 11) is -1.45. The summed E-state index contributed by atoms with van der Waals surface area (Å²) in [6.07, 6.45) is 0.458. The lowest BCUT2D eigenvalue weighted by Gasteiger charge is -2.23. The van der Waals surface area contributed by atoms with Crippen molar-refractivity contribution >= 4 is 27.3 Å². The maximum Gasteiger partial charge on any atom is 0.321 e. The van der Waals surface area contributed by atoms with Crippen LogP contribution in [0.4, 0.5) is 10.5 Å². The fourth-order valence-corrected chi connectivity index (χ4v) is 4.05. The van der Waals surface area contributed by atoms with Gasteiger partial charge in [0.2, 0.25) is 0 Å². The standard InChI is InChI=1S/C14H18N2O4S/c1-10(17)11-4-3-5-12(8-11)15-14(18)16(2)13-6-7-21(19,20)9-13/h3-5,8,13H,6-7,9H2,1-2H3,(H,15,18). The number of nitrogens with zero attached hydrogens (tertiary/aromatic N) is 1. The van der Waals surface area contributed by atoms with E-state index < -0.39 is 9.84 Å². The first-order valence-corrected chi connectivity index (χ1v) is 8.46. The van der Waals surface area contributed by atoms with Crippen molar-refractivity contribution in [2.45, 2.75) is 19.4 Å². The molecule has 21 heavy (non-hydrogen) atoms. The number of Topliss-reactive ketones (excluding diaryl/α,β-unsaturated/α-hetero) is 1. The molecule has 0 bridgehead atoms. The fraction of sp³-hybridized carbons (Fsp3) is 0.429. The van der Waals surface area contributed by atoms with E-state index >= 15 is 0 Å². The van der Waals surface area contributed by atoms with Gasteiger partial charge in [0.1, 0.15) is 0 Å². The zero-order valence-corrected chi connectivity index (χ0v) is 12.8. The molecule has 2 amide bonds. The Morgan fingerprint density at radius 1 is 1.33 bits per heavy atom. The highest BCUT2D eigenvalue weighted by Crippen LogP contribution is 2.18. The molecular weight excluding hydrogens is 292 g/mol. The van der Waals surface area contributed by atoms with Crippen LogP contribution < -0.4 is 5.32 Å². The van der Waals surface area contributed by atoms with Gasteiger partial charge in [0.05, 0.1) is 11.5 Å². The first kappa shape index (κ1) is 15.5. The maximum atomic E-state index is 12.1.